The highest BCUT2D eigenvalue weighted by Gasteiger charge is 2.22. The van der Waals surface area contributed by atoms with Crippen LogP contribution in [0.25, 0.3) is 10.2 Å². The smallest absolute Gasteiger partial charge is 0.346 e. The molecule has 0 unspecified atom stereocenters. The van der Waals surface area contributed by atoms with Crippen LogP contribution < -0.4 is 14.8 Å². The maximum Gasteiger partial charge on any atom is 0.346 e. The Kier molecular flexibility index (Phi) is 7.53. The van der Waals surface area contributed by atoms with Crippen LogP contribution in [-0.4, -0.2) is 65.7 Å². The predicted molar refractivity (Wildman–Crippen MR) is 123 cm³/mol. The minimum absolute atomic E-state index is 0.0255. The summed E-state index contributed by atoms with van der Waals surface area (Å²) < 4.78 is 22.5. The number of hydrogen-bond acceptors (Lipinski definition) is 10. The number of aryl methyl sites for hydroxylation is 1. The number of nitrogens with zero attached hydrogens (tertiary/aromatic N) is 3. The number of rotatable bonds is 10. The number of carboxylic acid groups (broad SMARTS) is 1. The maximum atomic E-state index is 11.6. The molecule has 0 aromatic carbocycles. The zero-order valence-corrected chi connectivity index (χ0v) is 19.3. The lowest BCUT2D eigenvalue weighted by Gasteiger charge is -2.24. The van der Waals surface area contributed by atoms with E-state index in [1.165, 1.54) is 6.33 Å². The van der Waals surface area contributed by atoms with Gasteiger partial charge >= 0.3 is 5.97 Å². The van der Waals surface area contributed by atoms with Crippen molar-refractivity contribution in [1.82, 2.24) is 15.0 Å². The Morgan fingerprint density at radius 2 is 2.09 bits per heavy atom. The molecule has 1 aliphatic rings. The molecule has 4 rings (SSSR count). The van der Waals surface area contributed by atoms with Crippen molar-refractivity contribution in [3.05, 3.63) is 28.9 Å². The van der Waals surface area contributed by atoms with Crippen LogP contribution in [0, 0.1) is 6.92 Å². The van der Waals surface area contributed by atoms with Gasteiger partial charge in [-0.1, -0.05) is 0 Å². The highest BCUT2D eigenvalue weighted by atomic mass is 32.1. The molecule has 1 aliphatic heterocycles. The van der Waals surface area contributed by atoms with Crippen molar-refractivity contribution in [2.24, 2.45) is 0 Å². The van der Waals surface area contributed by atoms with Gasteiger partial charge in [-0.25, -0.2) is 14.8 Å². The van der Waals surface area contributed by atoms with E-state index in [2.05, 4.69) is 20.3 Å². The second-order valence-corrected chi connectivity index (χ2v) is 8.51. The van der Waals surface area contributed by atoms with E-state index in [4.69, 9.17) is 18.9 Å². The van der Waals surface area contributed by atoms with Crippen LogP contribution in [0.4, 0.5) is 11.5 Å². The monoisotopic (exact) mass is 474 g/mol. The summed E-state index contributed by atoms with van der Waals surface area (Å²) in [6.45, 7) is 4.11. The summed E-state index contributed by atoms with van der Waals surface area (Å²) in [5.41, 5.74) is 1.22. The number of thiophene rings is 1. The molecule has 33 heavy (non-hydrogen) atoms. The van der Waals surface area contributed by atoms with Crippen molar-refractivity contribution < 1.29 is 28.8 Å². The number of pyridine rings is 1. The van der Waals surface area contributed by atoms with Crippen molar-refractivity contribution in [1.29, 1.82) is 0 Å². The maximum absolute atomic E-state index is 11.6. The largest absolute Gasteiger partial charge is 0.477 e. The molecule has 3 aromatic heterocycles. The summed E-state index contributed by atoms with van der Waals surface area (Å²) in [5, 5.41) is 13.4. The topological polar surface area (TPSA) is 125 Å². The van der Waals surface area contributed by atoms with Crippen LogP contribution in [0.2, 0.25) is 0 Å². The van der Waals surface area contributed by atoms with Gasteiger partial charge in [-0.3, -0.25) is 0 Å². The van der Waals surface area contributed by atoms with Gasteiger partial charge in [0.15, 0.2) is 0 Å². The molecule has 1 fully saturated rings. The number of nitrogens with one attached hydrogen (secondary N) is 1. The summed E-state index contributed by atoms with van der Waals surface area (Å²) in [4.78, 5) is 25.6. The molecule has 0 aliphatic carbocycles. The van der Waals surface area contributed by atoms with Gasteiger partial charge in [-0.2, -0.15) is 4.98 Å². The van der Waals surface area contributed by atoms with Gasteiger partial charge in [0.1, 0.15) is 33.6 Å². The first-order chi connectivity index (χ1) is 16.1. The van der Waals surface area contributed by atoms with Gasteiger partial charge in [0.05, 0.1) is 25.2 Å². The number of aromatic carboxylic acids is 1. The van der Waals surface area contributed by atoms with E-state index in [9.17, 15) is 9.90 Å². The minimum Gasteiger partial charge on any atom is -0.477 e. The fourth-order valence-corrected chi connectivity index (χ4v) is 4.51. The number of aromatic nitrogens is 3. The first kappa shape index (κ1) is 23.1. The fourth-order valence-electron chi connectivity index (χ4n) is 3.52. The van der Waals surface area contributed by atoms with Gasteiger partial charge in [-0.15, -0.1) is 11.3 Å². The first-order valence-electron chi connectivity index (χ1n) is 10.7. The molecular weight excluding hydrogens is 448 g/mol. The lowest BCUT2D eigenvalue weighted by Crippen LogP contribution is -2.26. The highest BCUT2D eigenvalue weighted by molar-refractivity contribution is 7.20. The van der Waals surface area contributed by atoms with E-state index in [1.54, 1.807) is 20.1 Å². The van der Waals surface area contributed by atoms with Gasteiger partial charge < -0.3 is 29.4 Å². The van der Waals surface area contributed by atoms with E-state index < -0.39 is 5.97 Å². The van der Waals surface area contributed by atoms with Gasteiger partial charge in [0, 0.05) is 39.0 Å². The Hall–Kier alpha value is -3.02. The molecule has 0 atom stereocenters. The molecule has 11 heteroatoms. The average molecular weight is 475 g/mol. The quantitative estimate of drug-likeness (QED) is 0.419. The van der Waals surface area contributed by atoms with Crippen LogP contribution in [0.1, 0.15) is 34.5 Å². The molecule has 0 bridgehead atoms. The van der Waals surface area contributed by atoms with Crippen molar-refractivity contribution in [3.8, 4) is 11.8 Å². The zero-order chi connectivity index (χ0) is 23.2. The number of carbonyl (C=O) groups is 1. The molecule has 3 aromatic rings. The summed E-state index contributed by atoms with van der Waals surface area (Å²) in [7, 11) is 1.65. The van der Waals surface area contributed by atoms with Crippen LogP contribution in [0.3, 0.4) is 0 Å². The lowest BCUT2D eigenvalue weighted by atomic mass is 10.1. The Morgan fingerprint density at radius 1 is 1.27 bits per heavy atom. The van der Waals surface area contributed by atoms with Crippen molar-refractivity contribution in [2.45, 2.75) is 32.3 Å². The third-order valence-corrected chi connectivity index (χ3v) is 6.39. The number of methoxy groups -OCH3 is 1. The molecule has 0 amide bonds. The SMILES string of the molecule is COCCCOc1ccc(Nc2ncnc3sc(C(=O)O)c(C)c23)c(OC2CCOCC2)n1. The predicted octanol–water partition coefficient (Wildman–Crippen LogP) is 3.81. The van der Waals surface area contributed by atoms with E-state index in [0.29, 0.717) is 65.5 Å². The van der Waals surface area contributed by atoms with Crippen LogP contribution >= 0.6 is 11.3 Å². The third-order valence-electron chi connectivity index (χ3n) is 5.20. The molecule has 10 nitrogen and oxygen atoms in total. The summed E-state index contributed by atoms with van der Waals surface area (Å²) in [6, 6.07) is 3.58. The highest BCUT2D eigenvalue weighted by Crippen LogP contribution is 2.36. The van der Waals surface area contributed by atoms with Crippen molar-refractivity contribution in [3.63, 3.8) is 0 Å². The fraction of sp³-hybridized carbons (Fsp3) is 0.455. The van der Waals surface area contributed by atoms with Gasteiger partial charge in [-0.05, 0) is 18.6 Å². The Bertz CT molecular complexity index is 1120. The Morgan fingerprint density at radius 3 is 2.85 bits per heavy atom. The Labute approximate surface area is 194 Å². The van der Waals surface area contributed by atoms with Crippen molar-refractivity contribution >= 4 is 39.0 Å². The number of fused-ring (bicyclic) bond motifs is 1. The zero-order valence-electron chi connectivity index (χ0n) is 18.5. The molecule has 2 N–H and O–H groups in total. The van der Waals surface area contributed by atoms with Gasteiger partial charge in [0.25, 0.3) is 0 Å². The van der Waals surface area contributed by atoms with E-state index in [1.807, 2.05) is 6.07 Å². The number of ether oxygens (including phenoxy) is 4. The summed E-state index contributed by atoms with van der Waals surface area (Å²) >= 11 is 1.12. The standard InChI is InChI=1S/C22H26N4O6S/c1-13-17-19(23-12-24-21(17)33-18(13)22(27)28)25-15-4-5-16(31-9-3-8-29-2)26-20(15)32-14-6-10-30-11-7-14/h4-5,12,14H,3,6-11H2,1-2H3,(H,27,28)(H,23,24,25). The van der Waals surface area contributed by atoms with Crippen molar-refractivity contribution in [2.75, 3.05) is 38.9 Å². The molecule has 176 valence electrons. The second kappa shape index (κ2) is 10.7. The average Bonchev–Trinajstić information content (AvgIpc) is 3.17. The molecule has 1 saturated heterocycles. The Balaban J connectivity index is 1.63. The lowest BCUT2D eigenvalue weighted by molar-refractivity contribution is 0.0238. The number of hydrogen-bond donors (Lipinski definition) is 2. The van der Waals surface area contributed by atoms with Gasteiger partial charge in [0.2, 0.25) is 11.8 Å². The number of carboxylic acids is 1. The molecule has 0 radical (unpaired) electrons. The van der Waals surface area contributed by atoms with E-state index in [0.717, 1.165) is 30.6 Å². The normalized spacial score (nSPS) is 14.4. The molecule has 4 heterocycles. The third kappa shape index (κ3) is 5.49. The molecule has 0 saturated carbocycles. The molecular formula is C22H26N4O6S. The first-order valence-corrected chi connectivity index (χ1v) is 11.5. The summed E-state index contributed by atoms with van der Waals surface area (Å²) in [5.74, 6) is 0.353. The summed E-state index contributed by atoms with van der Waals surface area (Å²) in [6.07, 6.45) is 3.66. The van der Waals surface area contributed by atoms with Crippen LogP contribution in [-0.2, 0) is 9.47 Å². The minimum atomic E-state index is -0.985. The second-order valence-electron chi connectivity index (χ2n) is 7.52. The van der Waals surface area contributed by atoms with E-state index in [-0.39, 0.29) is 11.0 Å². The van der Waals surface area contributed by atoms with E-state index >= 15 is 0 Å². The van der Waals surface area contributed by atoms with Crippen LogP contribution in [0.5, 0.6) is 11.8 Å². The van der Waals surface area contributed by atoms with Crippen LogP contribution in [0.15, 0.2) is 18.5 Å². The molecule has 0 spiro atoms. The number of anilines is 2.